The lowest BCUT2D eigenvalue weighted by molar-refractivity contribution is -0.133. The maximum Gasteiger partial charge on any atom is 0.225 e. The SMILES string of the molecule is COCCOCCC(=O)N1CCCC1CN. The zero-order chi connectivity index (χ0) is 11.8. The minimum Gasteiger partial charge on any atom is -0.382 e. The van der Waals surface area contributed by atoms with Gasteiger partial charge in [-0.15, -0.1) is 0 Å². The minimum atomic E-state index is 0.158. The maximum absolute atomic E-state index is 11.8. The van der Waals surface area contributed by atoms with Crippen molar-refractivity contribution in [1.29, 1.82) is 0 Å². The summed E-state index contributed by atoms with van der Waals surface area (Å²) in [6, 6.07) is 0.242. The van der Waals surface area contributed by atoms with E-state index >= 15 is 0 Å². The predicted molar refractivity (Wildman–Crippen MR) is 61.1 cm³/mol. The van der Waals surface area contributed by atoms with Crippen LogP contribution < -0.4 is 5.73 Å². The Bertz CT molecular complexity index is 211. The van der Waals surface area contributed by atoms with Gasteiger partial charge < -0.3 is 20.1 Å². The van der Waals surface area contributed by atoms with Crippen molar-refractivity contribution in [3.05, 3.63) is 0 Å². The van der Waals surface area contributed by atoms with Gasteiger partial charge in [-0.2, -0.15) is 0 Å². The Kier molecular flexibility index (Phi) is 6.37. The van der Waals surface area contributed by atoms with E-state index in [0.717, 1.165) is 19.4 Å². The molecule has 5 heteroatoms. The minimum absolute atomic E-state index is 0.158. The number of nitrogens with two attached hydrogens (primary N) is 1. The zero-order valence-electron chi connectivity index (χ0n) is 9.98. The van der Waals surface area contributed by atoms with E-state index in [-0.39, 0.29) is 11.9 Å². The number of likely N-dealkylation sites (tertiary alicyclic amines) is 1. The molecule has 0 radical (unpaired) electrons. The molecule has 1 heterocycles. The quantitative estimate of drug-likeness (QED) is 0.625. The molecule has 0 aromatic rings. The lowest BCUT2D eigenvalue weighted by Crippen LogP contribution is -2.40. The van der Waals surface area contributed by atoms with E-state index < -0.39 is 0 Å². The first-order valence-corrected chi connectivity index (χ1v) is 5.85. The van der Waals surface area contributed by atoms with Gasteiger partial charge in [0.15, 0.2) is 0 Å². The zero-order valence-corrected chi connectivity index (χ0v) is 9.98. The third kappa shape index (κ3) is 4.08. The highest BCUT2D eigenvalue weighted by Gasteiger charge is 2.26. The number of hydrogen-bond donors (Lipinski definition) is 1. The summed E-state index contributed by atoms with van der Waals surface area (Å²) in [7, 11) is 1.63. The first-order chi connectivity index (χ1) is 7.79. The number of hydrogen-bond acceptors (Lipinski definition) is 4. The van der Waals surface area contributed by atoms with Gasteiger partial charge in [0.05, 0.1) is 26.2 Å². The number of methoxy groups -OCH3 is 1. The average Bonchev–Trinajstić information content (AvgIpc) is 2.76. The van der Waals surface area contributed by atoms with E-state index in [4.69, 9.17) is 15.2 Å². The lowest BCUT2D eigenvalue weighted by Gasteiger charge is -2.23. The predicted octanol–water partition coefficient (Wildman–Crippen LogP) is -0.0108. The molecule has 1 atom stereocenters. The number of carbonyl (C=O) groups is 1. The number of ether oxygens (including phenoxy) is 2. The summed E-state index contributed by atoms with van der Waals surface area (Å²) in [6.45, 7) is 3.00. The highest BCUT2D eigenvalue weighted by Crippen LogP contribution is 2.16. The van der Waals surface area contributed by atoms with Crippen LogP contribution in [0.25, 0.3) is 0 Å². The second-order valence-corrected chi connectivity index (χ2v) is 3.97. The molecular formula is C11H22N2O3. The van der Waals surface area contributed by atoms with Crippen LogP contribution in [0.5, 0.6) is 0 Å². The monoisotopic (exact) mass is 230 g/mol. The second kappa shape index (κ2) is 7.60. The Labute approximate surface area is 96.9 Å². The van der Waals surface area contributed by atoms with Gasteiger partial charge in [-0.25, -0.2) is 0 Å². The van der Waals surface area contributed by atoms with Crippen LogP contribution >= 0.6 is 0 Å². The molecule has 1 amide bonds. The van der Waals surface area contributed by atoms with E-state index in [9.17, 15) is 4.79 Å². The molecule has 1 saturated heterocycles. The highest BCUT2D eigenvalue weighted by atomic mass is 16.5. The summed E-state index contributed by atoms with van der Waals surface area (Å²) in [4.78, 5) is 13.7. The van der Waals surface area contributed by atoms with Crippen molar-refractivity contribution in [3.8, 4) is 0 Å². The van der Waals surface area contributed by atoms with Gasteiger partial charge >= 0.3 is 0 Å². The molecule has 1 fully saturated rings. The van der Waals surface area contributed by atoms with Crippen molar-refractivity contribution in [3.63, 3.8) is 0 Å². The third-order valence-electron chi connectivity index (χ3n) is 2.86. The maximum atomic E-state index is 11.8. The molecule has 1 rings (SSSR count). The van der Waals surface area contributed by atoms with Crippen LogP contribution in [0.2, 0.25) is 0 Å². The fourth-order valence-electron chi connectivity index (χ4n) is 1.96. The molecule has 1 unspecified atom stereocenters. The summed E-state index contributed by atoms with van der Waals surface area (Å²) in [6.07, 6.45) is 2.55. The summed E-state index contributed by atoms with van der Waals surface area (Å²) >= 11 is 0. The summed E-state index contributed by atoms with van der Waals surface area (Å²) in [5, 5.41) is 0. The Balaban J connectivity index is 2.14. The first-order valence-electron chi connectivity index (χ1n) is 5.85. The molecule has 0 bridgehead atoms. The molecule has 0 aliphatic carbocycles. The van der Waals surface area contributed by atoms with Crippen molar-refractivity contribution < 1.29 is 14.3 Å². The van der Waals surface area contributed by atoms with Crippen molar-refractivity contribution in [2.75, 3.05) is 40.0 Å². The molecule has 0 aromatic heterocycles. The van der Waals surface area contributed by atoms with Crippen molar-refractivity contribution in [1.82, 2.24) is 4.90 Å². The summed E-state index contributed by atoms with van der Waals surface area (Å²) < 4.78 is 10.1. The van der Waals surface area contributed by atoms with E-state index in [1.54, 1.807) is 7.11 Å². The van der Waals surface area contributed by atoms with Crippen LogP contribution in [0, 0.1) is 0 Å². The van der Waals surface area contributed by atoms with Gasteiger partial charge in [-0.3, -0.25) is 4.79 Å². The van der Waals surface area contributed by atoms with Gasteiger partial charge in [0.2, 0.25) is 5.91 Å². The van der Waals surface area contributed by atoms with Crippen LogP contribution in [-0.4, -0.2) is 56.9 Å². The summed E-state index contributed by atoms with van der Waals surface area (Å²) in [5.41, 5.74) is 5.61. The molecule has 1 aliphatic rings. The number of amides is 1. The van der Waals surface area contributed by atoms with Crippen LogP contribution in [-0.2, 0) is 14.3 Å². The molecule has 94 valence electrons. The largest absolute Gasteiger partial charge is 0.382 e. The average molecular weight is 230 g/mol. The molecular weight excluding hydrogens is 208 g/mol. The fourth-order valence-corrected chi connectivity index (χ4v) is 1.96. The van der Waals surface area contributed by atoms with E-state index in [0.29, 0.717) is 32.8 Å². The molecule has 5 nitrogen and oxygen atoms in total. The van der Waals surface area contributed by atoms with E-state index in [1.807, 2.05) is 4.90 Å². The Hall–Kier alpha value is -0.650. The molecule has 0 spiro atoms. The number of carbonyl (C=O) groups excluding carboxylic acids is 1. The normalized spacial score (nSPS) is 20.4. The fraction of sp³-hybridized carbons (Fsp3) is 0.909. The van der Waals surface area contributed by atoms with E-state index in [2.05, 4.69) is 0 Å². The smallest absolute Gasteiger partial charge is 0.225 e. The molecule has 0 saturated carbocycles. The van der Waals surface area contributed by atoms with Crippen LogP contribution in [0.4, 0.5) is 0 Å². The molecule has 1 aliphatic heterocycles. The number of nitrogens with zero attached hydrogens (tertiary/aromatic N) is 1. The molecule has 0 aromatic carbocycles. The van der Waals surface area contributed by atoms with Gasteiger partial charge in [-0.05, 0) is 12.8 Å². The molecule has 16 heavy (non-hydrogen) atoms. The standard InChI is InChI=1S/C11H22N2O3/c1-15-7-8-16-6-4-11(14)13-5-2-3-10(13)9-12/h10H,2-9,12H2,1H3. The van der Waals surface area contributed by atoms with Crippen molar-refractivity contribution in [2.24, 2.45) is 5.73 Å². The Morgan fingerprint density at radius 1 is 1.44 bits per heavy atom. The van der Waals surface area contributed by atoms with Crippen molar-refractivity contribution >= 4 is 5.91 Å². The first kappa shape index (κ1) is 13.4. The van der Waals surface area contributed by atoms with Crippen LogP contribution in [0.3, 0.4) is 0 Å². The van der Waals surface area contributed by atoms with Crippen LogP contribution in [0.1, 0.15) is 19.3 Å². The van der Waals surface area contributed by atoms with Crippen molar-refractivity contribution in [2.45, 2.75) is 25.3 Å². The highest BCUT2D eigenvalue weighted by molar-refractivity contribution is 5.76. The molecule has 2 N–H and O–H groups in total. The third-order valence-corrected chi connectivity index (χ3v) is 2.86. The van der Waals surface area contributed by atoms with Crippen LogP contribution in [0.15, 0.2) is 0 Å². The Morgan fingerprint density at radius 2 is 2.25 bits per heavy atom. The topological polar surface area (TPSA) is 64.8 Å². The van der Waals surface area contributed by atoms with Gasteiger partial charge in [0.25, 0.3) is 0 Å². The van der Waals surface area contributed by atoms with Gasteiger partial charge in [-0.1, -0.05) is 0 Å². The lowest BCUT2D eigenvalue weighted by atomic mass is 10.2. The Morgan fingerprint density at radius 3 is 2.94 bits per heavy atom. The van der Waals surface area contributed by atoms with Gasteiger partial charge in [0.1, 0.15) is 0 Å². The second-order valence-electron chi connectivity index (χ2n) is 3.97. The summed E-state index contributed by atoms with van der Waals surface area (Å²) in [5.74, 6) is 0.158. The van der Waals surface area contributed by atoms with E-state index in [1.165, 1.54) is 0 Å². The number of rotatable bonds is 7. The van der Waals surface area contributed by atoms with Gasteiger partial charge in [0, 0.05) is 26.2 Å².